The molecule has 0 saturated carbocycles. The molecule has 0 atom stereocenters. The second-order valence-corrected chi connectivity index (χ2v) is 3.27. The van der Waals surface area contributed by atoms with E-state index in [-0.39, 0.29) is 5.75 Å². The number of benzene rings is 1. The molecule has 0 fully saturated rings. The molecule has 1 aliphatic heterocycles. The van der Waals surface area contributed by atoms with Gasteiger partial charge in [0.25, 0.3) is 0 Å². The van der Waals surface area contributed by atoms with Crippen molar-refractivity contribution in [3.8, 4) is 5.75 Å². The molecule has 1 heterocycles. The van der Waals surface area contributed by atoms with E-state index in [9.17, 15) is 5.11 Å². The molecular weight excluding hydrogens is 188 g/mol. The number of hydrogen-bond acceptors (Lipinski definition) is 3. The number of anilines is 1. The molecule has 0 amide bonds. The molecule has 0 aromatic heterocycles. The number of phenols is 1. The first kappa shape index (κ1) is 8.38. The Bertz CT molecular complexity index is 351. The van der Waals surface area contributed by atoms with Crippen LogP contribution < -0.4 is 5.01 Å². The molecule has 0 saturated heterocycles. The smallest absolute Gasteiger partial charge is 0.140 e. The maximum Gasteiger partial charge on any atom is 0.140 e. The van der Waals surface area contributed by atoms with E-state index in [0.717, 1.165) is 13.0 Å². The molecule has 4 heteroatoms. The van der Waals surface area contributed by atoms with E-state index >= 15 is 0 Å². The van der Waals surface area contributed by atoms with E-state index < -0.39 is 0 Å². The molecule has 1 aromatic carbocycles. The Morgan fingerprint density at radius 3 is 2.77 bits per heavy atom. The van der Waals surface area contributed by atoms with Crippen LogP contribution in [0.4, 0.5) is 5.69 Å². The highest BCUT2D eigenvalue weighted by Crippen LogP contribution is 2.29. The van der Waals surface area contributed by atoms with Crippen molar-refractivity contribution in [3.05, 3.63) is 24.3 Å². The lowest BCUT2D eigenvalue weighted by molar-refractivity contribution is 0.474. The average molecular weight is 197 g/mol. The van der Waals surface area contributed by atoms with Crippen LogP contribution in [-0.2, 0) is 0 Å². The standard InChI is InChI=1S/C9H9ClN2O/c10-9-5-6-12(11-9)7-3-1-2-4-8(7)13/h1-4,13H,5-6H2. The minimum atomic E-state index is 0.234. The van der Waals surface area contributed by atoms with Crippen LogP contribution in [0.15, 0.2) is 29.4 Å². The van der Waals surface area contributed by atoms with Gasteiger partial charge in [-0.1, -0.05) is 23.7 Å². The zero-order valence-electron chi connectivity index (χ0n) is 6.94. The number of aromatic hydroxyl groups is 1. The summed E-state index contributed by atoms with van der Waals surface area (Å²) in [5.74, 6) is 0.234. The molecule has 2 rings (SSSR count). The van der Waals surface area contributed by atoms with Crippen LogP contribution in [0.25, 0.3) is 0 Å². The minimum Gasteiger partial charge on any atom is -0.506 e. The third kappa shape index (κ3) is 1.60. The van der Waals surface area contributed by atoms with Crippen molar-refractivity contribution in [3.63, 3.8) is 0 Å². The van der Waals surface area contributed by atoms with Crippen LogP contribution in [0.2, 0.25) is 0 Å². The third-order valence-electron chi connectivity index (χ3n) is 1.92. The summed E-state index contributed by atoms with van der Waals surface area (Å²) >= 11 is 5.74. The first-order valence-corrected chi connectivity index (χ1v) is 4.43. The molecular formula is C9H9ClN2O. The lowest BCUT2D eigenvalue weighted by Gasteiger charge is -2.14. The highest BCUT2D eigenvalue weighted by Gasteiger charge is 2.16. The number of rotatable bonds is 1. The van der Waals surface area contributed by atoms with Gasteiger partial charge in [-0.15, -0.1) is 0 Å². The van der Waals surface area contributed by atoms with Gasteiger partial charge in [-0.05, 0) is 12.1 Å². The first-order chi connectivity index (χ1) is 6.27. The van der Waals surface area contributed by atoms with Crippen molar-refractivity contribution in [2.45, 2.75) is 6.42 Å². The quantitative estimate of drug-likeness (QED) is 0.747. The second-order valence-electron chi connectivity index (χ2n) is 2.84. The maximum absolute atomic E-state index is 9.50. The summed E-state index contributed by atoms with van der Waals surface area (Å²) in [6.07, 6.45) is 0.746. The monoisotopic (exact) mass is 196 g/mol. The molecule has 1 aliphatic rings. The summed E-state index contributed by atoms with van der Waals surface area (Å²) in [5, 5.41) is 15.9. The van der Waals surface area contributed by atoms with E-state index in [1.165, 1.54) is 0 Å². The summed E-state index contributed by atoms with van der Waals surface area (Å²) in [6, 6.07) is 7.09. The SMILES string of the molecule is Oc1ccccc1N1CCC(Cl)=N1. The van der Waals surface area contributed by atoms with Crippen molar-refractivity contribution in [1.82, 2.24) is 0 Å². The fourth-order valence-electron chi connectivity index (χ4n) is 1.29. The molecule has 13 heavy (non-hydrogen) atoms. The van der Waals surface area contributed by atoms with Crippen molar-refractivity contribution in [1.29, 1.82) is 0 Å². The van der Waals surface area contributed by atoms with Crippen molar-refractivity contribution >= 4 is 22.5 Å². The fourth-order valence-corrected chi connectivity index (χ4v) is 1.46. The van der Waals surface area contributed by atoms with Crippen LogP contribution in [-0.4, -0.2) is 16.8 Å². The number of para-hydroxylation sites is 2. The van der Waals surface area contributed by atoms with E-state index in [1.54, 1.807) is 17.1 Å². The van der Waals surface area contributed by atoms with Gasteiger partial charge in [0.05, 0.1) is 0 Å². The van der Waals surface area contributed by atoms with Gasteiger partial charge in [0.2, 0.25) is 0 Å². The third-order valence-corrected chi connectivity index (χ3v) is 2.18. The molecule has 0 unspecified atom stereocenters. The van der Waals surface area contributed by atoms with Crippen LogP contribution in [0.5, 0.6) is 5.75 Å². The minimum absolute atomic E-state index is 0.234. The number of hydrazone groups is 1. The van der Waals surface area contributed by atoms with Gasteiger partial charge in [-0.2, -0.15) is 5.10 Å². The Hall–Kier alpha value is -1.22. The van der Waals surface area contributed by atoms with E-state index in [2.05, 4.69) is 5.10 Å². The lowest BCUT2D eigenvalue weighted by atomic mass is 10.3. The molecule has 1 aromatic rings. The molecule has 0 spiro atoms. The van der Waals surface area contributed by atoms with Crippen LogP contribution >= 0.6 is 11.6 Å². The molecule has 3 nitrogen and oxygen atoms in total. The maximum atomic E-state index is 9.50. The van der Waals surface area contributed by atoms with E-state index in [4.69, 9.17) is 11.6 Å². The zero-order chi connectivity index (χ0) is 9.26. The summed E-state index contributed by atoms with van der Waals surface area (Å²) in [6.45, 7) is 0.733. The number of nitrogens with zero attached hydrogens (tertiary/aromatic N) is 2. The van der Waals surface area contributed by atoms with Gasteiger partial charge >= 0.3 is 0 Å². The Balaban J connectivity index is 2.31. The fraction of sp³-hybridized carbons (Fsp3) is 0.222. The van der Waals surface area contributed by atoms with E-state index in [1.807, 2.05) is 12.1 Å². The predicted molar refractivity (Wildman–Crippen MR) is 53.4 cm³/mol. The first-order valence-electron chi connectivity index (χ1n) is 4.06. The highest BCUT2D eigenvalue weighted by atomic mass is 35.5. The molecule has 1 N–H and O–H groups in total. The Labute approximate surface area is 81.2 Å². The largest absolute Gasteiger partial charge is 0.506 e. The van der Waals surface area contributed by atoms with Crippen LogP contribution in [0, 0.1) is 0 Å². The molecule has 68 valence electrons. The average Bonchev–Trinajstić information content (AvgIpc) is 2.53. The normalized spacial score (nSPS) is 16.1. The Morgan fingerprint density at radius 1 is 1.38 bits per heavy atom. The number of hydrogen-bond donors (Lipinski definition) is 1. The number of phenolic OH excluding ortho intramolecular Hbond substituents is 1. The molecule has 0 radical (unpaired) electrons. The molecule has 0 aliphatic carbocycles. The predicted octanol–water partition coefficient (Wildman–Crippen LogP) is 2.15. The Morgan fingerprint density at radius 2 is 2.15 bits per heavy atom. The van der Waals surface area contributed by atoms with E-state index in [0.29, 0.717) is 10.9 Å². The van der Waals surface area contributed by atoms with Crippen LogP contribution in [0.3, 0.4) is 0 Å². The molecule has 0 bridgehead atoms. The topological polar surface area (TPSA) is 35.8 Å². The summed E-state index contributed by atoms with van der Waals surface area (Å²) in [4.78, 5) is 0. The van der Waals surface area contributed by atoms with Crippen molar-refractivity contribution in [2.75, 3.05) is 11.6 Å². The lowest BCUT2D eigenvalue weighted by Crippen LogP contribution is -2.11. The summed E-state index contributed by atoms with van der Waals surface area (Å²) in [7, 11) is 0. The second kappa shape index (κ2) is 3.26. The van der Waals surface area contributed by atoms with Crippen molar-refractivity contribution in [2.24, 2.45) is 5.10 Å². The van der Waals surface area contributed by atoms with Gasteiger partial charge in [-0.3, -0.25) is 5.01 Å². The number of halogens is 1. The van der Waals surface area contributed by atoms with Gasteiger partial charge in [-0.25, -0.2) is 0 Å². The summed E-state index contributed by atoms with van der Waals surface area (Å²) < 4.78 is 0. The van der Waals surface area contributed by atoms with Gasteiger partial charge in [0.15, 0.2) is 0 Å². The highest BCUT2D eigenvalue weighted by molar-refractivity contribution is 6.65. The van der Waals surface area contributed by atoms with Gasteiger partial charge < -0.3 is 5.11 Å². The van der Waals surface area contributed by atoms with Crippen molar-refractivity contribution < 1.29 is 5.11 Å². The van der Waals surface area contributed by atoms with Gasteiger partial charge in [0.1, 0.15) is 16.6 Å². The van der Waals surface area contributed by atoms with Gasteiger partial charge in [0, 0.05) is 13.0 Å². The summed E-state index contributed by atoms with van der Waals surface area (Å²) in [5.41, 5.74) is 0.707. The van der Waals surface area contributed by atoms with Crippen LogP contribution in [0.1, 0.15) is 6.42 Å². The zero-order valence-corrected chi connectivity index (χ0v) is 7.70. The Kier molecular flexibility index (Phi) is 2.10.